The van der Waals surface area contributed by atoms with E-state index in [2.05, 4.69) is 31.0 Å². The predicted molar refractivity (Wildman–Crippen MR) is 76.9 cm³/mol. The van der Waals surface area contributed by atoms with Gasteiger partial charge in [0.05, 0.1) is 6.10 Å². The average molecular weight is 247 g/mol. The Kier molecular flexibility index (Phi) is 4.28. The van der Waals surface area contributed by atoms with E-state index in [0.717, 1.165) is 11.5 Å². The van der Waals surface area contributed by atoms with E-state index in [4.69, 9.17) is 0 Å². The molecule has 0 heterocycles. The van der Waals surface area contributed by atoms with Crippen molar-refractivity contribution in [1.82, 2.24) is 0 Å². The fourth-order valence-corrected chi connectivity index (χ4v) is 2.95. The van der Waals surface area contributed by atoms with Crippen molar-refractivity contribution in [3.05, 3.63) is 29.8 Å². The SMILES string of the molecule is CC1CCCC(N(C)c2ccc(C(C)O)cc2)C1. The van der Waals surface area contributed by atoms with Gasteiger partial charge in [-0.05, 0) is 43.4 Å². The van der Waals surface area contributed by atoms with Gasteiger partial charge in [0.1, 0.15) is 0 Å². The van der Waals surface area contributed by atoms with Crippen molar-refractivity contribution >= 4 is 5.69 Å². The summed E-state index contributed by atoms with van der Waals surface area (Å²) in [5, 5.41) is 9.52. The summed E-state index contributed by atoms with van der Waals surface area (Å²) in [6.45, 7) is 4.16. The molecule has 1 saturated carbocycles. The smallest absolute Gasteiger partial charge is 0.0761 e. The zero-order chi connectivity index (χ0) is 13.1. The molecule has 0 amide bonds. The third-order valence-corrected chi connectivity index (χ3v) is 4.24. The third-order valence-electron chi connectivity index (χ3n) is 4.24. The molecular weight excluding hydrogens is 222 g/mol. The van der Waals surface area contributed by atoms with E-state index in [9.17, 15) is 5.11 Å². The largest absolute Gasteiger partial charge is 0.389 e. The minimum Gasteiger partial charge on any atom is -0.389 e. The lowest BCUT2D eigenvalue weighted by Gasteiger charge is -2.35. The van der Waals surface area contributed by atoms with Gasteiger partial charge >= 0.3 is 0 Å². The first kappa shape index (κ1) is 13.4. The summed E-state index contributed by atoms with van der Waals surface area (Å²) >= 11 is 0. The van der Waals surface area contributed by atoms with E-state index in [0.29, 0.717) is 6.04 Å². The number of aliphatic hydroxyl groups is 1. The van der Waals surface area contributed by atoms with Crippen molar-refractivity contribution in [3.63, 3.8) is 0 Å². The third kappa shape index (κ3) is 3.05. The number of nitrogens with zero attached hydrogens (tertiary/aromatic N) is 1. The fourth-order valence-electron chi connectivity index (χ4n) is 2.95. The zero-order valence-electron chi connectivity index (χ0n) is 11.8. The summed E-state index contributed by atoms with van der Waals surface area (Å²) < 4.78 is 0. The summed E-state index contributed by atoms with van der Waals surface area (Å²) in [5.41, 5.74) is 2.25. The van der Waals surface area contributed by atoms with Gasteiger partial charge in [0.2, 0.25) is 0 Å². The van der Waals surface area contributed by atoms with E-state index < -0.39 is 0 Å². The van der Waals surface area contributed by atoms with Gasteiger partial charge in [-0.1, -0.05) is 31.9 Å². The van der Waals surface area contributed by atoms with Crippen LogP contribution in [0.1, 0.15) is 51.2 Å². The fraction of sp³-hybridized carbons (Fsp3) is 0.625. The molecule has 0 aliphatic heterocycles. The molecule has 1 aliphatic carbocycles. The molecule has 0 aromatic heterocycles. The second-order valence-corrected chi connectivity index (χ2v) is 5.80. The molecule has 1 N–H and O–H groups in total. The highest BCUT2D eigenvalue weighted by Gasteiger charge is 2.22. The van der Waals surface area contributed by atoms with E-state index in [1.54, 1.807) is 0 Å². The average Bonchev–Trinajstić information content (AvgIpc) is 2.38. The maximum absolute atomic E-state index is 9.52. The molecule has 3 atom stereocenters. The Morgan fingerprint density at radius 3 is 2.44 bits per heavy atom. The maximum Gasteiger partial charge on any atom is 0.0761 e. The van der Waals surface area contributed by atoms with Gasteiger partial charge in [-0.3, -0.25) is 0 Å². The van der Waals surface area contributed by atoms with E-state index in [1.807, 2.05) is 19.1 Å². The minimum absolute atomic E-state index is 0.376. The van der Waals surface area contributed by atoms with Crippen LogP contribution in [0.2, 0.25) is 0 Å². The van der Waals surface area contributed by atoms with Gasteiger partial charge in [0.15, 0.2) is 0 Å². The Balaban J connectivity index is 2.05. The Morgan fingerprint density at radius 2 is 1.89 bits per heavy atom. The van der Waals surface area contributed by atoms with Crippen molar-refractivity contribution in [1.29, 1.82) is 0 Å². The quantitative estimate of drug-likeness (QED) is 0.879. The van der Waals surface area contributed by atoms with E-state index in [1.165, 1.54) is 31.4 Å². The lowest BCUT2D eigenvalue weighted by Crippen LogP contribution is -2.35. The number of rotatable bonds is 3. The molecule has 100 valence electrons. The van der Waals surface area contributed by atoms with Crippen LogP contribution >= 0.6 is 0 Å². The molecule has 1 aliphatic rings. The molecule has 2 nitrogen and oxygen atoms in total. The highest BCUT2D eigenvalue weighted by Crippen LogP contribution is 2.30. The molecule has 1 aromatic carbocycles. The van der Waals surface area contributed by atoms with Gasteiger partial charge < -0.3 is 10.0 Å². The van der Waals surface area contributed by atoms with Crippen LogP contribution in [0.3, 0.4) is 0 Å². The van der Waals surface area contributed by atoms with Crippen LogP contribution in [0.5, 0.6) is 0 Å². The van der Waals surface area contributed by atoms with Crippen LogP contribution in [-0.2, 0) is 0 Å². The van der Waals surface area contributed by atoms with Crippen molar-refractivity contribution in [2.24, 2.45) is 5.92 Å². The van der Waals surface area contributed by atoms with Crippen LogP contribution in [0, 0.1) is 5.92 Å². The zero-order valence-corrected chi connectivity index (χ0v) is 11.8. The highest BCUT2D eigenvalue weighted by molar-refractivity contribution is 5.48. The minimum atomic E-state index is -0.376. The Morgan fingerprint density at radius 1 is 1.22 bits per heavy atom. The Labute approximate surface area is 111 Å². The maximum atomic E-state index is 9.52. The molecule has 0 radical (unpaired) electrons. The van der Waals surface area contributed by atoms with Crippen molar-refractivity contribution in [2.45, 2.75) is 51.7 Å². The normalized spacial score (nSPS) is 25.8. The number of benzene rings is 1. The van der Waals surface area contributed by atoms with Gasteiger partial charge in [-0.2, -0.15) is 0 Å². The van der Waals surface area contributed by atoms with Gasteiger partial charge in [0, 0.05) is 18.8 Å². The molecule has 1 aromatic rings. The molecule has 1 fully saturated rings. The van der Waals surface area contributed by atoms with E-state index in [-0.39, 0.29) is 6.10 Å². The monoisotopic (exact) mass is 247 g/mol. The number of hydrogen-bond acceptors (Lipinski definition) is 2. The van der Waals surface area contributed by atoms with Crippen LogP contribution in [0.4, 0.5) is 5.69 Å². The van der Waals surface area contributed by atoms with Gasteiger partial charge in [-0.25, -0.2) is 0 Å². The summed E-state index contributed by atoms with van der Waals surface area (Å²) in [4.78, 5) is 2.40. The molecule has 0 spiro atoms. The molecular formula is C16H25NO. The lowest BCUT2D eigenvalue weighted by atomic mass is 9.86. The first-order valence-electron chi connectivity index (χ1n) is 7.08. The van der Waals surface area contributed by atoms with Crippen molar-refractivity contribution < 1.29 is 5.11 Å². The molecule has 0 bridgehead atoms. The number of hydrogen-bond donors (Lipinski definition) is 1. The predicted octanol–water partition coefficient (Wildman–Crippen LogP) is 3.75. The second-order valence-electron chi connectivity index (χ2n) is 5.80. The molecule has 2 heteroatoms. The summed E-state index contributed by atoms with van der Waals surface area (Å²) in [6, 6.07) is 8.99. The topological polar surface area (TPSA) is 23.5 Å². The molecule has 18 heavy (non-hydrogen) atoms. The summed E-state index contributed by atoms with van der Waals surface area (Å²) in [7, 11) is 2.19. The standard InChI is InChI=1S/C16H25NO/c1-12-5-4-6-16(11-12)17(3)15-9-7-14(8-10-15)13(2)18/h7-10,12-13,16,18H,4-6,11H2,1-3H3. The number of anilines is 1. The molecule has 3 unspecified atom stereocenters. The van der Waals surface area contributed by atoms with Gasteiger partial charge in [-0.15, -0.1) is 0 Å². The van der Waals surface area contributed by atoms with Gasteiger partial charge in [0.25, 0.3) is 0 Å². The lowest BCUT2D eigenvalue weighted by molar-refractivity contribution is 0.199. The Bertz CT molecular complexity index is 371. The Hall–Kier alpha value is -1.02. The van der Waals surface area contributed by atoms with Crippen molar-refractivity contribution in [2.75, 3.05) is 11.9 Å². The van der Waals surface area contributed by atoms with Crippen molar-refractivity contribution in [3.8, 4) is 0 Å². The first-order valence-corrected chi connectivity index (χ1v) is 7.08. The van der Waals surface area contributed by atoms with Crippen LogP contribution in [0.25, 0.3) is 0 Å². The molecule has 2 rings (SSSR count). The van der Waals surface area contributed by atoms with Crippen LogP contribution in [0.15, 0.2) is 24.3 Å². The first-order chi connectivity index (χ1) is 8.58. The van der Waals surface area contributed by atoms with Crippen LogP contribution < -0.4 is 4.90 Å². The highest BCUT2D eigenvalue weighted by atomic mass is 16.3. The van der Waals surface area contributed by atoms with E-state index >= 15 is 0 Å². The summed E-state index contributed by atoms with van der Waals surface area (Å²) in [5.74, 6) is 0.850. The number of aliphatic hydroxyl groups excluding tert-OH is 1. The summed E-state index contributed by atoms with van der Waals surface area (Å²) in [6.07, 6.45) is 4.96. The van der Waals surface area contributed by atoms with Crippen LogP contribution in [-0.4, -0.2) is 18.2 Å². The molecule has 0 saturated heterocycles. The second kappa shape index (κ2) is 5.75.